The standard InChI is InChI=1S/C43H49N9O5/c1-2-3-7-25-57-43(56)48-34-20-24-51(28-34)42(55)50-38(32-9-5-4-6-10-32)41(54)52-23-8-11-37(52)39-46-27-35(49-39)31-14-12-29(13-15-31)30-16-18-33(19-17-30)47-40(53)36-26-44-21-22-45-36/h4-6,9-10,12-15,21-22,26-27,30,33-34,37-38H,7-8,11,16-20,23-25,28H2,1H3,(H,46,49)(H,47,53)(H,48,56)(H,50,55)/t30?,33?,34-,37+,38-/m1/s1. The van der Waals surface area contributed by atoms with E-state index in [0.717, 1.165) is 49.8 Å². The topological polar surface area (TPSA) is 175 Å². The van der Waals surface area contributed by atoms with Crippen LogP contribution in [0.4, 0.5) is 9.59 Å². The van der Waals surface area contributed by atoms with Crippen LogP contribution in [0.1, 0.15) is 104 Å². The Morgan fingerprint density at radius 1 is 0.895 bits per heavy atom. The van der Waals surface area contributed by atoms with Crippen molar-refractivity contribution in [1.29, 1.82) is 0 Å². The fraction of sp³-hybridized carbons (Fsp3) is 0.419. The van der Waals surface area contributed by atoms with E-state index < -0.39 is 12.1 Å². The van der Waals surface area contributed by atoms with Gasteiger partial charge in [-0.15, -0.1) is 11.8 Å². The summed E-state index contributed by atoms with van der Waals surface area (Å²) in [5.41, 5.74) is 4.17. The summed E-state index contributed by atoms with van der Waals surface area (Å²) in [5, 5.41) is 8.94. The Labute approximate surface area is 332 Å². The van der Waals surface area contributed by atoms with Gasteiger partial charge < -0.3 is 35.5 Å². The molecule has 1 aliphatic carbocycles. The van der Waals surface area contributed by atoms with Gasteiger partial charge in [0.1, 0.15) is 24.2 Å². The van der Waals surface area contributed by atoms with Crippen LogP contribution in [-0.4, -0.2) is 92.0 Å². The molecule has 14 heteroatoms. The predicted molar refractivity (Wildman–Crippen MR) is 212 cm³/mol. The van der Waals surface area contributed by atoms with Gasteiger partial charge in [0.2, 0.25) is 5.91 Å². The molecule has 3 atom stereocenters. The molecule has 296 valence electrons. The summed E-state index contributed by atoms with van der Waals surface area (Å²) in [6.45, 7) is 3.22. The summed E-state index contributed by atoms with van der Waals surface area (Å²) in [5.74, 6) is 6.37. The zero-order valence-corrected chi connectivity index (χ0v) is 32.2. The third-order valence-corrected chi connectivity index (χ3v) is 11.1. The van der Waals surface area contributed by atoms with Gasteiger partial charge in [0, 0.05) is 44.5 Å². The molecule has 5 amide bonds. The largest absolute Gasteiger partial charge is 0.449 e. The van der Waals surface area contributed by atoms with Crippen LogP contribution < -0.4 is 16.0 Å². The minimum Gasteiger partial charge on any atom is -0.449 e. The van der Waals surface area contributed by atoms with Crippen LogP contribution in [0.15, 0.2) is 79.4 Å². The molecule has 7 rings (SSSR count). The molecule has 0 radical (unpaired) electrons. The number of hydrogen-bond acceptors (Lipinski definition) is 8. The van der Waals surface area contributed by atoms with Crippen molar-refractivity contribution in [2.45, 2.75) is 88.4 Å². The molecule has 0 unspecified atom stereocenters. The number of nitrogens with one attached hydrogen (secondary N) is 4. The zero-order valence-electron chi connectivity index (χ0n) is 32.2. The third kappa shape index (κ3) is 9.78. The first-order valence-corrected chi connectivity index (χ1v) is 19.8. The highest BCUT2D eigenvalue weighted by Gasteiger charge is 2.38. The highest BCUT2D eigenvalue weighted by Crippen LogP contribution is 2.36. The van der Waals surface area contributed by atoms with Crippen molar-refractivity contribution < 1.29 is 23.9 Å². The average Bonchev–Trinajstić information content (AvgIpc) is 4.05. The van der Waals surface area contributed by atoms with E-state index in [1.165, 1.54) is 18.0 Å². The maximum atomic E-state index is 14.4. The van der Waals surface area contributed by atoms with E-state index in [-0.39, 0.29) is 42.6 Å². The molecule has 2 aromatic carbocycles. The molecular formula is C43H49N9O5. The molecular weight excluding hydrogens is 723 g/mol. The summed E-state index contributed by atoms with van der Waals surface area (Å²) in [6.07, 6.45) is 12.2. The lowest BCUT2D eigenvalue weighted by molar-refractivity contribution is -0.134. The van der Waals surface area contributed by atoms with Gasteiger partial charge in [0.15, 0.2) is 0 Å². The minimum atomic E-state index is -0.901. The molecule has 0 spiro atoms. The third-order valence-electron chi connectivity index (χ3n) is 11.1. The molecule has 57 heavy (non-hydrogen) atoms. The fourth-order valence-corrected chi connectivity index (χ4v) is 8.05. The minimum absolute atomic E-state index is 0.121. The number of ether oxygens (including phenoxy) is 1. The quantitative estimate of drug-likeness (QED) is 0.112. The van der Waals surface area contributed by atoms with E-state index >= 15 is 0 Å². The number of benzene rings is 2. The maximum absolute atomic E-state index is 14.4. The number of likely N-dealkylation sites (tertiary alicyclic amines) is 2. The van der Waals surface area contributed by atoms with Gasteiger partial charge in [-0.25, -0.2) is 19.6 Å². The molecule has 4 aromatic rings. The lowest BCUT2D eigenvalue weighted by Crippen LogP contribution is -2.48. The van der Waals surface area contributed by atoms with Crippen molar-refractivity contribution >= 4 is 23.9 Å². The Bertz CT molecular complexity index is 2060. The number of urea groups is 1. The smallest absolute Gasteiger partial charge is 0.407 e. The Morgan fingerprint density at radius 2 is 1.70 bits per heavy atom. The van der Waals surface area contributed by atoms with Crippen LogP contribution in [0.25, 0.3) is 11.3 Å². The summed E-state index contributed by atoms with van der Waals surface area (Å²) < 4.78 is 5.19. The number of nitrogens with zero attached hydrogens (tertiary/aromatic N) is 5. The first-order valence-electron chi connectivity index (χ1n) is 19.8. The SMILES string of the molecule is CC#CCCOC(=O)N[C@@H]1CCN(C(=O)N[C@@H](C(=O)N2CCC[C@H]2c2ncc(-c3ccc(C4CCC(NC(=O)c5cnccn5)CC4)cc3)[nH]2)c2ccccc2)C1. The first kappa shape index (κ1) is 39.0. The molecule has 2 saturated heterocycles. The Kier molecular flexibility index (Phi) is 12.7. The van der Waals surface area contributed by atoms with E-state index in [9.17, 15) is 19.2 Å². The normalized spacial score (nSPS) is 20.9. The molecule has 2 aromatic heterocycles. The summed E-state index contributed by atoms with van der Waals surface area (Å²) in [6, 6.07) is 16.2. The van der Waals surface area contributed by atoms with Gasteiger partial charge in [0.25, 0.3) is 5.91 Å². The van der Waals surface area contributed by atoms with Gasteiger partial charge in [-0.05, 0) is 74.5 Å². The van der Waals surface area contributed by atoms with E-state index in [0.29, 0.717) is 55.5 Å². The van der Waals surface area contributed by atoms with Crippen molar-refractivity contribution in [3.05, 3.63) is 102 Å². The lowest BCUT2D eigenvalue weighted by Gasteiger charge is -2.30. The second-order valence-electron chi connectivity index (χ2n) is 14.8. The molecule has 3 aliphatic rings. The van der Waals surface area contributed by atoms with Crippen LogP contribution >= 0.6 is 0 Å². The highest BCUT2D eigenvalue weighted by molar-refractivity contribution is 5.92. The number of aromatic nitrogens is 4. The van der Waals surface area contributed by atoms with Gasteiger partial charge in [-0.2, -0.15) is 0 Å². The number of imidazole rings is 1. The number of H-pyrrole nitrogens is 1. The van der Waals surface area contributed by atoms with Crippen molar-refractivity contribution in [2.24, 2.45) is 0 Å². The Balaban J connectivity index is 0.951. The number of hydrogen-bond donors (Lipinski definition) is 4. The molecule has 4 heterocycles. The predicted octanol–water partition coefficient (Wildman–Crippen LogP) is 5.65. The van der Waals surface area contributed by atoms with Gasteiger partial charge in [0.05, 0.1) is 30.2 Å². The number of carbonyl (C=O) groups is 4. The second-order valence-corrected chi connectivity index (χ2v) is 14.8. The van der Waals surface area contributed by atoms with Crippen LogP contribution in [-0.2, 0) is 9.53 Å². The molecule has 0 bridgehead atoms. The number of carbonyl (C=O) groups excluding carboxylic acids is 4. The van der Waals surface area contributed by atoms with Crippen molar-refractivity contribution in [2.75, 3.05) is 26.2 Å². The van der Waals surface area contributed by atoms with E-state index in [4.69, 9.17) is 9.72 Å². The van der Waals surface area contributed by atoms with Crippen molar-refractivity contribution in [3.63, 3.8) is 0 Å². The van der Waals surface area contributed by atoms with Crippen molar-refractivity contribution in [1.82, 2.24) is 45.7 Å². The summed E-state index contributed by atoms with van der Waals surface area (Å²) in [4.78, 5) is 72.5. The molecule has 2 aliphatic heterocycles. The summed E-state index contributed by atoms with van der Waals surface area (Å²) in [7, 11) is 0. The van der Waals surface area contributed by atoms with Crippen LogP contribution in [0.5, 0.6) is 0 Å². The van der Waals surface area contributed by atoms with E-state index in [1.807, 2.05) is 41.4 Å². The average molecular weight is 772 g/mol. The molecule has 3 fully saturated rings. The number of rotatable bonds is 11. The van der Waals surface area contributed by atoms with E-state index in [2.05, 4.69) is 67.0 Å². The first-order chi connectivity index (χ1) is 27.9. The number of alkyl carbamates (subject to hydrolysis) is 1. The highest BCUT2D eigenvalue weighted by atomic mass is 16.5. The lowest BCUT2D eigenvalue weighted by atomic mass is 9.81. The Hall–Kier alpha value is -6.23. The van der Waals surface area contributed by atoms with Gasteiger partial charge in [-0.3, -0.25) is 14.6 Å². The van der Waals surface area contributed by atoms with Crippen LogP contribution in [0.3, 0.4) is 0 Å². The molecule has 14 nitrogen and oxygen atoms in total. The molecule has 4 N–H and O–H groups in total. The zero-order chi connectivity index (χ0) is 39.6. The van der Waals surface area contributed by atoms with E-state index in [1.54, 1.807) is 18.0 Å². The number of aromatic amines is 1. The monoisotopic (exact) mass is 771 g/mol. The van der Waals surface area contributed by atoms with Crippen LogP contribution in [0, 0.1) is 11.8 Å². The molecule has 1 saturated carbocycles. The maximum Gasteiger partial charge on any atom is 0.407 e. The Morgan fingerprint density at radius 3 is 2.46 bits per heavy atom. The van der Waals surface area contributed by atoms with Gasteiger partial charge >= 0.3 is 12.1 Å². The second kappa shape index (κ2) is 18.6. The van der Waals surface area contributed by atoms with Crippen molar-refractivity contribution in [3.8, 4) is 23.1 Å². The van der Waals surface area contributed by atoms with Gasteiger partial charge in [-0.1, -0.05) is 54.6 Å². The van der Waals surface area contributed by atoms with Crippen LogP contribution in [0.2, 0.25) is 0 Å². The number of amides is 5. The summed E-state index contributed by atoms with van der Waals surface area (Å²) >= 11 is 0. The fourth-order valence-electron chi connectivity index (χ4n) is 8.05.